The van der Waals surface area contributed by atoms with E-state index in [-0.39, 0.29) is 0 Å². The van der Waals surface area contributed by atoms with Crippen molar-refractivity contribution in [2.24, 2.45) is 5.92 Å². The van der Waals surface area contributed by atoms with E-state index in [1.165, 1.54) is 56.4 Å². The highest BCUT2D eigenvalue weighted by Crippen LogP contribution is 2.10. The maximum absolute atomic E-state index is 3.57. The molecule has 2 heteroatoms. The summed E-state index contributed by atoms with van der Waals surface area (Å²) in [4.78, 5) is 2.59. The molecule has 1 heterocycles. The number of likely N-dealkylation sites (tertiary alicyclic amines) is 1. The van der Waals surface area contributed by atoms with Crippen molar-refractivity contribution in [3.8, 4) is 0 Å². The van der Waals surface area contributed by atoms with Crippen LogP contribution in [0, 0.1) is 5.92 Å². The molecule has 0 bridgehead atoms. The van der Waals surface area contributed by atoms with Crippen molar-refractivity contribution >= 4 is 0 Å². The van der Waals surface area contributed by atoms with Gasteiger partial charge in [0, 0.05) is 19.6 Å². The quantitative estimate of drug-likeness (QED) is 0.766. The number of hydrogen-bond donors (Lipinski definition) is 1. The Labute approximate surface area is 124 Å². The van der Waals surface area contributed by atoms with Gasteiger partial charge >= 0.3 is 0 Å². The molecule has 0 unspecified atom stereocenters. The highest BCUT2D eigenvalue weighted by Gasteiger charge is 2.08. The van der Waals surface area contributed by atoms with E-state index in [9.17, 15) is 0 Å². The first kappa shape index (κ1) is 15.5. The first-order chi connectivity index (χ1) is 9.74. The molecule has 0 aromatic heterocycles. The van der Waals surface area contributed by atoms with Gasteiger partial charge in [-0.25, -0.2) is 0 Å². The van der Waals surface area contributed by atoms with Crippen LogP contribution in [-0.2, 0) is 13.0 Å². The lowest BCUT2D eigenvalue weighted by Crippen LogP contribution is -2.35. The molecule has 1 fully saturated rings. The van der Waals surface area contributed by atoms with Crippen LogP contribution in [0.15, 0.2) is 24.3 Å². The van der Waals surface area contributed by atoms with Crippen LogP contribution in [0.5, 0.6) is 0 Å². The Kier molecular flexibility index (Phi) is 6.55. The minimum atomic E-state index is 0.739. The van der Waals surface area contributed by atoms with Gasteiger partial charge in [0.15, 0.2) is 0 Å². The summed E-state index contributed by atoms with van der Waals surface area (Å²) in [7, 11) is 0. The molecule has 2 rings (SSSR count). The lowest BCUT2D eigenvalue weighted by Gasteiger charge is -2.26. The normalized spacial score (nSPS) is 16.8. The number of piperidine rings is 1. The van der Waals surface area contributed by atoms with E-state index in [2.05, 4.69) is 48.3 Å². The summed E-state index contributed by atoms with van der Waals surface area (Å²) in [6, 6.07) is 9.10. The molecule has 0 saturated carbocycles. The molecule has 0 spiro atoms. The summed E-state index contributed by atoms with van der Waals surface area (Å²) in [6.45, 7) is 10.4. The van der Waals surface area contributed by atoms with Crippen LogP contribution in [0.2, 0.25) is 0 Å². The second-order valence-electron chi connectivity index (χ2n) is 6.49. The van der Waals surface area contributed by atoms with Crippen LogP contribution in [0.4, 0.5) is 0 Å². The largest absolute Gasteiger partial charge is 0.311 e. The average molecular weight is 274 g/mol. The Balaban J connectivity index is 1.63. The lowest BCUT2D eigenvalue weighted by molar-refractivity contribution is 0.229. The molecule has 0 amide bonds. The predicted octanol–water partition coefficient (Wildman–Crippen LogP) is 3.46. The standard InChI is InChI=1S/C18H30N2/c1-16(2)14-17-6-8-18(9-7-17)15-19-10-13-20-11-4-3-5-12-20/h6-9,16,19H,3-5,10-15H2,1-2H3. The minimum Gasteiger partial charge on any atom is -0.311 e. The van der Waals surface area contributed by atoms with Crippen LogP contribution in [0.25, 0.3) is 0 Å². The van der Waals surface area contributed by atoms with Crippen molar-refractivity contribution in [3.63, 3.8) is 0 Å². The van der Waals surface area contributed by atoms with Crippen LogP contribution in [0.3, 0.4) is 0 Å². The van der Waals surface area contributed by atoms with Crippen LogP contribution < -0.4 is 5.32 Å². The molecule has 1 aromatic rings. The molecule has 112 valence electrons. The molecule has 0 radical (unpaired) electrons. The van der Waals surface area contributed by atoms with E-state index in [1.54, 1.807) is 0 Å². The summed E-state index contributed by atoms with van der Waals surface area (Å²) >= 11 is 0. The molecular weight excluding hydrogens is 244 g/mol. The zero-order chi connectivity index (χ0) is 14.2. The zero-order valence-electron chi connectivity index (χ0n) is 13.2. The summed E-state index contributed by atoms with van der Waals surface area (Å²) in [5.41, 5.74) is 2.85. The number of hydrogen-bond acceptors (Lipinski definition) is 2. The Morgan fingerprint density at radius 2 is 1.65 bits per heavy atom. The maximum Gasteiger partial charge on any atom is 0.0206 e. The second-order valence-corrected chi connectivity index (χ2v) is 6.49. The van der Waals surface area contributed by atoms with Gasteiger partial charge in [-0.1, -0.05) is 44.5 Å². The topological polar surface area (TPSA) is 15.3 Å². The van der Waals surface area contributed by atoms with E-state index in [1.807, 2.05) is 0 Å². The van der Waals surface area contributed by atoms with E-state index >= 15 is 0 Å². The van der Waals surface area contributed by atoms with Crippen molar-refractivity contribution in [1.29, 1.82) is 0 Å². The van der Waals surface area contributed by atoms with Crippen LogP contribution >= 0.6 is 0 Å². The monoisotopic (exact) mass is 274 g/mol. The Morgan fingerprint density at radius 1 is 1.00 bits per heavy atom. The van der Waals surface area contributed by atoms with Gasteiger partial charge in [0.25, 0.3) is 0 Å². The van der Waals surface area contributed by atoms with Crippen LogP contribution in [0.1, 0.15) is 44.2 Å². The Bertz CT molecular complexity index is 364. The smallest absolute Gasteiger partial charge is 0.0206 e. The first-order valence-electron chi connectivity index (χ1n) is 8.25. The predicted molar refractivity (Wildman–Crippen MR) is 87.0 cm³/mol. The van der Waals surface area contributed by atoms with Crippen LogP contribution in [-0.4, -0.2) is 31.1 Å². The van der Waals surface area contributed by atoms with Gasteiger partial charge in [-0.2, -0.15) is 0 Å². The molecule has 1 aliphatic heterocycles. The molecule has 20 heavy (non-hydrogen) atoms. The third kappa shape index (κ3) is 5.64. The summed E-state index contributed by atoms with van der Waals surface area (Å²) < 4.78 is 0. The van der Waals surface area contributed by atoms with Crippen molar-refractivity contribution < 1.29 is 0 Å². The molecule has 2 nitrogen and oxygen atoms in total. The zero-order valence-corrected chi connectivity index (χ0v) is 13.2. The highest BCUT2D eigenvalue weighted by molar-refractivity contribution is 5.22. The number of benzene rings is 1. The molecule has 1 aromatic carbocycles. The summed E-state index contributed by atoms with van der Waals surface area (Å²) in [5, 5.41) is 3.57. The van der Waals surface area contributed by atoms with Crippen molar-refractivity contribution in [2.75, 3.05) is 26.2 Å². The molecule has 1 saturated heterocycles. The van der Waals surface area contributed by atoms with Gasteiger partial charge in [0.1, 0.15) is 0 Å². The lowest BCUT2D eigenvalue weighted by atomic mass is 10.0. The molecular formula is C18H30N2. The van der Waals surface area contributed by atoms with E-state index in [0.29, 0.717) is 0 Å². The Morgan fingerprint density at radius 3 is 2.30 bits per heavy atom. The highest BCUT2D eigenvalue weighted by atomic mass is 15.1. The number of nitrogens with one attached hydrogen (secondary N) is 1. The summed E-state index contributed by atoms with van der Waals surface area (Å²) in [5.74, 6) is 0.739. The van der Waals surface area contributed by atoms with Crippen molar-refractivity contribution in [2.45, 2.75) is 46.1 Å². The van der Waals surface area contributed by atoms with Gasteiger partial charge in [-0.3, -0.25) is 0 Å². The molecule has 0 atom stereocenters. The van der Waals surface area contributed by atoms with Gasteiger partial charge < -0.3 is 10.2 Å². The van der Waals surface area contributed by atoms with E-state index in [4.69, 9.17) is 0 Å². The maximum atomic E-state index is 3.57. The fourth-order valence-corrected chi connectivity index (χ4v) is 2.92. The van der Waals surface area contributed by atoms with Crippen molar-refractivity contribution in [3.05, 3.63) is 35.4 Å². The average Bonchev–Trinajstić information content (AvgIpc) is 2.46. The molecule has 1 N–H and O–H groups in total. The SMILES string of the molecule is CC(C)Cc1ccc(CNCCN2CCCCC2)cc1. The van der Waals surface area contributed by atoms with E-state index in [0.717, 1.165) is 19.0 Å². The molecule has 0 aliphatic carbocycles. The fourth-order valence-electron chi connectivity index (χ4n) is 2.92. The second kappa shape index (κ2) is 8.43. The van der Waals surface area contributed by atoms with Gasteiger partial charge in [0.05, 0.1) is 0 Å². The number of rotatable bonds is 7. The van der Waals surface area contributed by atoms with Gasteiger partial charge in [-0.15, -0.1) is 0 Å². The third-order valence-electron chi connectivity index (χ3n) is 4.05. The minimum absolute atomic E-state index is 0.739. The van der Waals surface area contributed by atoms with E-state index < -0.39 is 0 Å². The molecule has 1 aliphatic rings. The number of nitrogens with zero attached hydrogens (tertiary/aromatic N) is 1. The van der Waals surface area contributed by atoms with Gasteiger partial charge in [0.2, 0.25) is 0 Å². The first-order valence-corrected chi connectivity index (χ1v) is 8.25. The Hall–Kier alpha value is -0.860. The van der Waals surface area contributed by atoms with Crippen molar-refractivity contribution in [1.82, 2.24) is 10.2 Å². The fraction of sp³-hybridized carbons (Fsp3) is 0.667. The third-order valence-corrected chi connectivity index (χ3v) is 4.05. The van der Waals surface area contributed by atoms with Gasteiger partial charge in [-0.05, 0) is 49.4 Å². The summed E-state index contributed by atoms with van der Waals surface area (Å²) in [6.07, 6.45) is 5.38.